The minimum absolute atomic E-state index is 0.130. The third-order valence-corrected chi connectivity index (χ3v) is 5.16. The number of imide groups is 1. The molecule has 1 heterocycles. The maximum atomic E-state index is 12.4. The molecular formula is C15H24N2O2. The number of nitrogens with zero attached hydrogens (tertiary/aromatic N) is 1. The zero-order chi connectivity index (χ0) is 13.4. The van der Waals surface area contributed by atoms with Crippen LogP contribution < -0.4 is 5.32 Å². The Labute approximate surface area is 114 Å². The van der Waals surface area contributed by atoms with Crippen molar-refractivity contribution in [1.82, 2.24) is 10.2 Å². The molecule has 3 aliphatic rings. The molecular weight excluding hydrogens is 240 g/mol. The highest BCUT2D eigenvalue weighted by atomic mass is 16.2. The van der Waals surface area contributed by atoms with Gasteiger partial charge < -0.3 is 5.32 Å². The van der Waals surface area contributed by atoms with Crippen molar-refractivity contribution >= 4 is 11.8 Å². The molecule has 2 amide bonds. The summed E-state index contributed by atoms with van der Waals surface area (Å²) in [6, 6.07) is 0.756. The maximum Gasteiger partial charge on any atom is 0.232 e. The second kappa shape index (κ2) is 5.23. The molecule has 0 aromatic carbocycles. The van der Waals surface area contributed by atoms with Crippen LogP contribution >= 0.6 is 0 Å². The lowest BCUT2D eigenvalue weighted by Gasteiger charge is -2.39. The zero-order valence-electron chi connectivity index (χ0n) is 11.7. The minimum Gasteiger partial charge on any atom is -0.314 e. The summed E-state index contributed by atoms with van der Waals surface area (Å²) in [5, 5.41) is 3.47. The molecule has 0 aromatic rings. The van der Waals surface area contributed by atoms with E-state index in [2.05, 4.69) is 12.2 Å². The van der Waals surface area contributed by atoms with Crippen LogP contribution in [0.5, 0.6) is 0 Å². The smallest absolute Gasteiger partial charge is 0.232 e. The van der Waals surface area contributed by atoms with E-state index >= 15 is 0 Å². The predicted molar refractivity (Wildman–Crippen MR) is 72.4 cm³/mol. The lowest BCUT2D eigenvalue weighted by atomic mass is 9.87. The van der Waals surface area contributed by atoms with Crippen LogP contribution in [-0.2, 0) is 9.59 Å². The molecule has 2 aliphatic carbocycles. The van der Waals surface area contributed by atoms with E-state index in [4.69, 9.17) is 0 Å². The number of likely N-dealkylation sites (tertiary alicyclic amines) is 1. The number of carbonyl (C=O) groups is 2. The highest BCUT2D eigenvalue weighted by Crippen LogP contribution is 2.40. The van der Waals surface area contributed by atoms with Gasteiger partial charge in [-0.3, -0.25) is 14.5 Å². The monoisotopic (exact) mass is 264 g/mol. The Balaban J connectivity index is 1.66. The molecule has 19 heavy (non-hydrogen) atoms. The van der Waals surface area contributed by atoms with E-state index in [0.29, 0.717) is 6.04 Å². The van der Waals surface area contributed by atoms with Crippen molar-refractivity contribution in [3.05, 3.63) is 0 Å². The number of amides is 2. The quantitative estimate of drug-likeness (QED) is 0.789. The number of hydrogen-bond donors (Lipinski definition) is 1. The molecule has 4 heteroatoms. The minimum atomic E-state index is 0.130. The topological polar surface area (TPSA) is 49.4 Å². The van der Waals surface area contributed by atoms with Gasteiger partial charge in [-0.2, -0.15) is 0 Å². The molecule has 0 spiro atoms. The van der Waals surface area contributed by atoms with Crippen molar-refractivity contribution in [2.45, 2.75) is 64.0 Å². The van der Waals surface area contributed by atoms with E-state index in [9.17, 15) is 9.59 Å². The molecule has 1 saturated heterocycles. The van der Waals surface area contributed by atoms with Crippen LogP contribution in [0.2, 0.25) is 0 Å². The van der Waals surface area contributed by atoms with Gasteiger partial charge in [0.15, 0.2) is 0 Å². The molecule has 0 radical (unpaired) electrons. The first kappa shape index (κ1) is 13.1. The van der Waals surface area contributed by atoms with Crippen LogP contribution in [0.15, 0.2) is 0 Å². The van der Waals surface area contributed by atoms with Gasteiger partial charge in [0.1, 0.15) is 0 Å². The highest BCUT2D eigenvalue weighted by Gasteiger charge is 2.47. The van der Waals surface area contributed by atoms with E-state index in [0.717, 1.165) is 51.5 Å². The molecule has 1 N–H and O–H groups in total. The van der Waals surface area contributed by atoms with E-state index in [-0.39, 0.29) is 29.7 Å². The first-order chi connectivity index (χ1) is 9.20. The van der Waals surface area contributed by atoms with Gasteiger partial charge in [-0.25, -0.2) is 0 Å². The average molecular weight is 264 g/mol. The number of hydrogen-bond acceptors (Lipinski definition) is 3. The van der Waals surface area contributed by atoms with Crippen LogP contribution in [0, 0.1) is 11.8 Å². The van der Waals surface area contributed by atoms with Gasteiger partial charge >= 0.3 is 0 Å². The van der Waals surface area contributed by atoms with Crippen molar-refractivity contribution in [2.24, 2.45) is 11.8 Å². The zero-order valence-corrected chi connectivity index (χ0v) is 11.7. The number of piperidine rings is 1. The van der Waals surface area contributed by atoms with Gasteiger partial charge in [0, 0.05) is 23.9 Å². The van der Waals surface area contributed by atoms with Crippen LogP contribution in [0.1, 0.15) is 51.9 Å². The standard InChI is InChI=1S/C15H24N2O2/c1-2-16-12-5-7-13(8-6-12)17-14(18)10-3-4-11(9-10)15(17)19/h10-13,16H,2-9H2,1H3. The molecule has 1 aliphatic heterocycles. The molecule has 0 aromatic heterocycles. The highest BCUT2D eigenvalue weighted by molar-refractivity contribution is 6.01. The van der Waals surface area contributed by atoms with Crippen molar-refractivity contribution in [3.8, 4) is 0 Å². The fourth-order valence-electron chi connectivity index (χ4n) is 4.12. The lowest BCUT2D eigenvalue weighted by molar-refractivity contribution is -0.156. The second-order valence-corrected chi connectivity index (χ2v) is 6.32. The normalized spacial score (nSPS) is 38.9. The third kappa shape index (κ3) is 2.31. The van der Waals surface area contributed by atoms with E-state index in [1.165, 1.54) is 0 Å². The van der Waals surface area contributed by atoms with Gasteiger partial charge in [-0.05, 0) is 51.5 Å². The largest absolute Gasteiger partial charge is 0.314 e. The molecule has 106 valence electrons. The molecule has 2 saturated carbocycles. The van der Waals surface area contributed by atoms with Gasteiger partial charge in [0.2, 0.25) is 11.8 Å². The van der Waals surface area contributed by atoms with E-state index in [1.807, 2.05) is 0 Å². The van der Waals surface area contributed by atoms with E-state index in [1.54, 1.807) is 4.90 Å². The van der Waals surface area contributed by atoms with Gasteiger partial charge in [-0.1, -0.05) is 6.92 Å². The summed E-state index contributed by atoms with van der Waals surface area (Å²) in [4.78, 5) is 26.4. The summed E-state index contributed by atoms with van der Waals surface area (Å²) in [7, 11) is 0. The number of carbonyl (C=O) groups excluding carboxylic acids is 2. The second-order valence-electron chi connectivity index (χ2n) is 6.32. The van der Waals surface area contributed by atoms with Gasteiger partial charge in [0.05, 0.1) is 0 Å². The van der Waals surface area contributed by atoms with Crippen LogP contribution in [0.4, 0.5) is 0 Å². The SMILES string of the molecule is CCNC1CCC(N2C(=O)C3CCC(C3)C2=O)CC1. The first-order valence-electron chi connectivity index (χ1n) is 7.81. The van der Waals surface area contributed by atoms with Gasteiger partial charge in [0.25, 0.3) is 0 Å². The molecule has 2 bridgehead atoms. The number of fused-ring (bicyclic) bond motifs is 2. The lowest BCUT2D eigenvalue weighted by Crippen LogP contribution is -2.53. The number of nitrogens with one attached hydrogen (secondary N) is 1. The fourth-order valence-corrected chi connectivity index (χ4v) is 4.12. The summed E-state index contributed by atoms with van der Waals surface area (Å²) in [6.07, 6.45) is 6.82. The van der Waals surface area contributed by atoms with Gasteiger partial charge in [-0.15, -0.1) is 0 Å². The summed E-state index contributed by atoms with van der Waals surface area (Å²) >= 11 is 0. The Morgan fingerprint density at radius 3 is 2.11 bits per heavy atom. The Kier molecular flexibility index (Phi) is 3.61. The Morgan fingerprint density at radius 1 is 1.00 bits per heavy atom. The van der Waals surface area contributed by atoms with E-state index < -0.39 is 0 Å². The molecule has 4 nitrogen and oxygen atoms in total. The summed E-state index contributed by atoms with van der Waals surface area (Å²) in [6.45, 7) is 3.13. The van der Waals surface area contributed by atoms with Crippen molar-refractivity contribution in [3.63, 3.8) is 0 Å². The third-order valence-electron chi connectivity index (χ3n) is 5.16. The molecule has 3 rings (SSSR count). The van der Waals surface area contributed by atoms with Crippen molar-refractivity contribution in [1.29, 1.82) is 0 Å². The number of rotatable bonds is 3. The van der Waals surface area contributed by atoms with Crippen LogP contribution in [-0.4, -0.2) is 35.3 Å². The molecule has 3 fully saturated rings. The Hall–Kier alpha value is -0.900. The Bertz CT molecular complexity index is 352. The summed E-state index contributed by atoms with van der Waals surface area (Å²) in [5.41, 5.74) is 0. The fraction of sp³-hybridized carbons (Fsp3) is 0.867. The average Bonchev–Trinajstić information content (AvgIpc) is 2.86. The molecule has 2 atom stereocenters. The van der Waals surface area contributed by atoms with Crippen molar-refractivity contribution in [2.75, 3.05) is 6.54 Å². The van der Waals surface area contributed by atoms with Crippen LogP contribution in [0.25, 0.3) is 0 Å². The van der Waals surface area contributed by atoms with Crippen LogP contribution in [0.3, 0.4) is 0 Å². The first-order valence-corrected chi connectivity index (χ1v) is 7.81. The molecule has 2 unspecified atom stereocenters. The summed E-state index contributed by atoms with van der Waals surface area (Å²) in [5.74, 6) is 0.555. The Morgan fingerprint density at radius 2 is 1.58 bits per heavy atom. The summed E-state index contributed by atoms with van der Waals surface area (Å²) < 4.78 is 0. The predicted octanol–water partition coefficient (Wildman–Crippen LogP) is 1.69. The maximum absolute atomic E-state index is 12.4. The van der Waals surface area contributed by atoms with Crippen molar-refractivity contribution < 1.29 is 9.59 Å².